The van der Waals surface area contributed by atoms with Crippen molar-refractivity contribution >= 4 is 5.97 Å². The van der Waals surface area contributed by atoms with E-state index in [0.717, 1.165) is 30.9 Å². The molecule has 1 unspecified atom stereocenters. The topological polar surface area (TPSA) is 29.5 Å². The Morgan fingerprint density at radius 3 is 2.62 bits per heavy atom. The predicted molar refractivity (Wildman–Crippen MR) is 62.6 cm³/mol. The fourth-order valence-electron chi connectivity index (χ4n) is 2.08. The minimum absolute atomic E-state index is 0.115. The zero-order valence-corrected chi connectivity index (χ0v) is 9.77. The number of fused-ring (bicyclic) bond motifs is 1. The normalized spacial score (nSPS) is 18.7. The van der Waals surface area contributed by atoms with Gasteiger partial charge in [0.25, 0.3) is 0 Å². The number of hydrogen-bond acceptors (Lipinski definition) is 3. The second kappa shape index (κ2) is 4.66. The third kappa shape index (κ3) is 1.95. The maximum atomic E-state index is 11.7. The summed E-state index contributed by atoms with van der Waals surface area (Å²) in [6.45, 7) is 6.89. The van der Waals surface area contributed by atoms with Crippen molar-refractivity contribution in [1.29, 1.82) is 0 Å². The average Bonchev–Trinajstić information content (AvgIpc) is 2.62. The summed E-state index contributed by atoms with van der Waals surface area (Å²) in [6, 6.07) is 7.69. The highest BCUT2D eigenvalue weighted by Gasteiger charge is 2.33. The number of benzene rings is 1. The molecule has 0 saturated heterocycles. The van der Waals surface area contributed by atoms with Gasteiger partial charge in [0, 0.05) is 12.1 Å². The summed E-state index contributed by atoms with van der Waals surface area (Å²) >= 11 is 0. The van der Waals surface area contributed by atoms with Crippen LogP contribution in [0.3, 0.4) is 0 Å². The van der Waals surface area contributed by atoms with Gasteiger partial charge in [-0.25, -0.2) is 0 Å². The van der Waals surface area contributed by atoms with Crippen LogP contribution in [0.5, 0.6) is 5.75 Å². The highest BCUT2D eigenvalue weighted by Crippen LogP contribution is 2.34. The van der Waals surface area contributed by atoms with Gasteiger partial charge in [-0.3, -0.25) is 4.79 Å². The van der Waals surface area contributed by atoms with Gasteiger partial charge in [0.05, 0.1) is 5.92 Å². The van der Waals surface area contributed by atoms with Gasteiger partial charge in [-0.15, -0.1) is 0 Å². The van der Waals surface area contributed by atoms with Crippen LogP contribution in [0.2, 0.25) is 0 Å². The lowest BCUT2D eigenvalue weighted by Gasteiger charge is -2.20. The Morgan fingerprint density at radius 2 is 1.94 bits per heavy atom. The number of para-hydroxylation sites is 1. The van der Waals surface area contributed by atoms with Crippen LogP contribution in [0.25, 0.3) is 0 Å². The van der Waals surface area contributed by atoms with Crippen LogP contribution in [-0.4, -0.2) is 30.5 Å². The minimum Gasteiger partial charge on any atom is -0.426 e. The van der Waals surface area contributed by atoms with Crippen LogP contribution >= 0.6 is 0 Å². The third-order valence-electron chi connectivity index (χ3n) is 3.12. The average molecular weight is 219 g/mol. The minimum atomic E-state index is -0.117. The number of carbonyl (C=O) groups excluding carboxylic acids is 1. The molecule has 1 aliphatic heterocycles. The lowest BCUT2D eigenvalue weighted by atomic mass is 10.0. The summed E-state index contributed by atoms with van der Waals surface area (Å²) in [7, 11) is 0. The molecule has 0 saturated carbocycles. The molecule has 3 nitrogen and oxygen atoms in total. The first-order chi connectivity index (χ1) is 7.76. The number of hydrogen-bond donors (Lipinski definition) is 0. The Labute approximate surface area is 96.0 Å². The second-order valence-electron chi connectivity index (χ2n) is 4.00. The standard InChI is InChI=1S/C13H17NO2/c1-3-14(4-2)9-11-10-7-5-6-8-12(10)16-13(11)15/h5-8,11H,3-4,9H2,1-2H3. The SMILES string of the molecule is CCN(CC)CC1C(=O)Oc2ccccc21. The quantitative estimate of drug-likeness (QED) is 0.573. The number of rotatable bonds is 4. The van der Waals surface area contributed by atoms with E-state index in [0.29, 0.717) is 0 Å². The molecule has 86 valence electrons. The first kappa shape index (κ1) is 11.1. The monoisotopic (exact) mass is 219 g/mol. The first-order valence-electron chi connectivity index (χ1n) is 5.79. The summed E-state index contributed by atoms with van der Waals surface area (Å²) in [5.74, 6) is 0.494. The molecular formula is C13H17NO2. The van der Waals surface area contributed by atoms with Gasteiger partial charge < -0.3 is 9.64 Å². The Hall–Kier alpha value is -1.35. The van der Waals surface area contributed by atoms with Crippen LogP contribution in [0.4, 0.5) is 0 Å². The van der Waals surface area contributed by atoms with Gasteiger partial charge in [-0.1, -0.05) is 32.0 Å². The van der Waals surface area contributed by atoms with E-state index in [1.807, 2.05) is 24.3 Å². The van der Waals surface area contributed by atoms with Crippen LogP contribution in [-0.2, 0) is 4.79 Å². The summed E-state index contributed by atoms with van der Waals surface area (Å²) in [6.07, 6.45) is 0. The highest BCUT2D eigenvalue weighted by atomic mass is 16.5. The zero-order valence-electron chi connectivity index (χ0n) is 9.77. The van der Waals surface area contributed by atoms with Gasteiger partial charge in [-0.05, 0) is 19.2 Å². The summed E-state index contributed by atoms with van der Waals surface area (Å²) < 4.78 is 5.24. The molecule has 0 bridgehead atoms. The van der Waals surface area contributed by atoms with E-state index in [9.17, 15) is 4.79 Å². The van der Waals surface area contributed by atoms with Gasteiger partial charge in [0.1, 0.15) is 5.75 Å². The largest absolute Gasteiger partial charge is 0.426 e. The molecule has 1 aromatic carbocycles. The molecule has 0 spiro atoms. The third-order valence-corrected chi connectivity index (χ3v) is 3.12. The second-order valence-corrected chi connectivity index (χ2v) is 4.00. The van der Waals surface area contributed by atoms with E-state index in [-0.39, 0.29) is 11.9 Å². The smallest absolute Gasteiger partial charge is 0.320 e. The maximum Gasteiger partial charge on any atom is 0.320 e. The van der Waals surface area contributed by atoms with Crippen LogP contribution in [0, 0.1) is 0 Å². The summed E-state index contributed by atoms with van der Waals surface area (Å²) in [5.41, 5.74) is 1.03. The molecule has 1 aromatic rings. The first-order valence-corrected chi connectivity index (χ1v) is 5.79. The van der Waals surface area contributed by atoms with Crippen molar-refractivity contribution in [2.45, 2.75) is 19.8 Å². The van der Waals surface area contributed by atoms with Crippen molar-refractivity contribution in [3.8, 4) is 5.75 Å². The Kier molecular flexibility index (Phi) is 3.25. The lowest BCUT2D eigenvalue weighted by molar-refractivity contribution is -0.134. The van der Waals surface area contributed by atoms with Crippen LogP contribution in [0.1, 0.15) is 25.3 Å². The van der Waals surface area contributed by atoms with Crippen molar-refractivity contribution < 1.29 is 9.53 Å². The molecule has 0 radical (unpaired) electrons. The van der Waals surface area contributed by atoms with Gasteiger partial charge >= 0.3 is 5.97 Å². The number of esters is 1. The summed E-state index contributed by atoms with van der Waals surface area (Å²) in [4.78, 5) is 14.0. The molecule has 3 heteroatoms. The fraction of sp³-hybridized carbons (Fsp3) is 0.462. The van der Waals surface area contributed by atoms with Crippen molar-refractivity contribution in [1.82, 2.24) is 4.90 Å². The van der Waals surface area contributed by atoms with Crippen molar-refractivity contribution in [3.63, 3.8) is 0 Å². The van der Waals surface area contributed by atoms with Crippen molar-refractivity contribution in [3.05, 3.63) is 29.8 Å². The van der Waals surface area contributed by atoms with Crippen molar-refractivity contribution in [2.24, 2.45) is 0 Å². The molecule has 0 aliphatic carbocycles. The van der Waals surface area contributed by atoms with E-state index < -0.39 is 0 Å². The Balaban J connectivity index is 2.19. The molecule has 0 N–H and O–H groups in total. The van der Waals surface area contributed by atoms with E-state index >= 15 is 0 Å². The summed E-state index contributed by atoms with van der Waals surface area (Å²) in [5, 5.41) is 0. The van der Waals surface area contributed by atoms with E-state index in [2.05, 4.69) is 18.7 Å². The number of likely N-dealkylation sites (N-methyl/N-ethyl adjacent to an activating group) is 1. The predicted octanol–water partition coefficient (Wildman–Crippen LogP) is 2.03. The number of carbonyl (C=O) groups is 1. The Morgan fingerprint density at radius 1 is 1.25 bits per heavy atom. The zero-order chi connectivity index (χ0) is 11.5. The fourth-order valence-corrected chi connectivity index (χ4v) is 2.08. The number of nitrogens with zero attached hydrogens (tertiary/aromatic N) is 1. The molecule has 1 atom stereocenters. The number of ether oxygens (including phenoxy) is 1. The lowest BCUT2D eigenvalue weighted by Crippen LogP contribution is -2.30. The van der Waals surface area contributed by atoms with Gasteiger partial charge in [-0.2, -0.15) is 0 Å². The molecular weight excluding hydrogens is 202 g/mol. The van der Waals surface area contributed by atoms with Crippen LogP contribution < -0.4 is 4.74 Å². The molecule has 0 fully saturated rings. The van der Waals surface area contributed by atoms with E-state index in [1.54, 1.807) is 0 Å². The van der Waals surface area contributed by atoms with Gasteiger partial charge in [0.15, 0.2) is 0 Å². The Bertz CT molecular complexity index is 385. The molecule has 1 heterocycles. The van der Waals surface area contributed by atoms with E-state index in [1.165, 1.54) is 0 Å². The molecule has 16 heavy (non-hydrogen) atoms. The molecule has 1 aliphatic rings. The maximum absolute atomic E-state index is 11.7. The molecule has 2 rings (SSSR count). The molecule has 0 aromatic heterocycles. The highest BCUT2D eigenvalue weighted by molar-refractivity contribution is 5.86. The van der Waals surface area contributed by atoms with Crippen molar-refractivity contribution in [2.75, 3.05) is 19.6 Å². The van der Waals surface area contributed by atoms with E-state index in [4.69, 9.17) is 4.74 Å². The van der Waals surface area contributed by atoms with Crippen LogP contribution in [0.15, 0.2) is 24.3 Å². The molecule has 0 amide bonds. The van der Waals surface area contributed by atoms with Gasteiger partial charge in [0.2, 0.25) is 0 Å².